The number of para-hydroxylation sites is 1. The number of anilines is 1. The Morgan fingerprint density at radius 2 is 1.77 bits per heavy atom. The molecule has 0 aliphatic rings. The molecule has 2 heterocycles. The molecule has 0 fully saturated rings. The Morgan fingerprint density at radius 3 is 2.59 bits per heavy atom. The van der Waals surface area contributed by atoms with E-state index in [-0.39, 0.29) is 5.82 Å². The topological polar surface area (TPSA) is 55.1 Å². The van der Waals surface area contributed by atoms with E-state index in [9.17, 15) is 4.39 Å². The first-order chi connectivity index (χ1) is 10.8. The lowest BCUT2D eigenvalue weighted by molar-refractivity contribution is 0.630. The summed E-state index contributed by atoms with van der Waals surface area (Å²) in [6.45, 7) is 0. The van der Waals surface area contributed by atoms with Crippen molar-refractivity contribution in [3.8, 4) is 11.4 Å². The van der Waals surface area contributed by atoms with E-state index >= 15 is 0 Å². The first kappa shape index (κ1) is 12.7. The van der Waals surface area contributed by atoms with E-state index in [1.54, 1.807) is 29.6 Å². The van der Waals surface area contributed by atoms with Gasteiger partial charge in [-0.25, -0.2) is 4.39 Å². The number of fused-ring (bicyclic) bond motifs is 3. The third-order valence-electron chi connectivity index (χ3n) is 3.61. The van der Waals surface area contributed by atoms with Crippen molar-refractivity contribution in [2.24, 2.45) is 0 Å². The van der Waals surface area contributed by atoms with Gasteiger partial charge in [-0.05, 0) is 24.3 Å². The highest BCUT2D eigenvalue weighted by molar-refractivity contribution is 5.92. The second-order valence-corrected chi connectivity index (χ2v) is 4.87. The first-order valence-electron chi connectivity index (χ1n) is 6.86. The van der Waals surface area contributed by atoms with Crippen LogP contribution in [0.15, 0.2) is 48.5 Å². The zero-order valence-electron chi connectivity index (χ0n) is 11.8. The molecule has 0 aliphatic carbocycles. The highest BCUT2D eigenvalue weighted by Gasteiger charge is 2.16. The molecule has 0 saturated heterocycles. The number of hydrogen-bond donors (Lipinski definition) is 1. The molecule has 2 aromatic carbocycles. The number of rotatable bonds is 2. The van der Waals surface area contributed by atoms with Crippen molar-refractivity contribution < 1.29 is 4.39 Å². The molecule has 0 unspecified atom stereocenters. The second kappa shape index (κ2) is 4.77. The van der Waals surface area contributed by atoms with E-state index < -0.39 is 0 Å². The summed E-state index contributed by atoms with van der Waals surface area (Å²) in [5.41, 5.74) is 1.28. The van der Waals surface area contributed by atoms with E-state index in [0.717, 1.165) is 16.7 Å². The van der Waals surface area contributed by atoms with Crippen LogP contribution in [-0.4, -0.2) is 26.6 Å². The van der Waals surface area contributed by atoms with Crippen molar-refractivity contribution in [3.05, 3.63) is 54.3 Å². The molecule has 2 aromatic heterocycles. The van der Waals surface area contributed by atoms with Crippen molar-refractivity contribution in [3.63, 3.8) is 0 Å². The maximum absolute atomic E-state index is 14.1. The van der Waals surface area contributed by atoms with Gasteiger partial charge in [0.05, 0.1) is 11.1 Å². The summed E-state index contributed by atoms with van der Waals surface area (Å²) in [6.07, 6.45) is 0. The minimum Gasteiger partial charge on any atom is -0.372 e. The summed E-state index contributed by atoms with van der Waals surface area (Å²) < 4.78 is 15.9. The number of hydrogen-bond acceptors (Lipinski definition) is 4. The van der Waals surface area contributed by atoms with Gasteiger partial charge in [-0.3, -0.25) is 4.40 Å². The van der Waals surface area contributed by atoms with Gasteiger partial charge in [0.15, 0.2) is 5.82 Å². The molecule has 0 amide bonds. The molecule has 0 atom stereocenters. The molecular weight excluding hydrogens is 281 g/mol. The second-order valence-electron chi connectivity index (χ2n) is 4.87. The van der Waals surface area contributed by atoms with Crippen LogP contribution in [0.5, 0.6) is 0 Å². The van der Waals surface area contributed by atoms with Crippen LogP contribution in [0.3, 0.4) is 0 Å². The van der Waals surface area contributed by atoms with Gasteiger partial charge in [0.25, 0.3) is 5.78 Å². The number of nitrogens with zero attached hydrogens (tertiary/aromatic N) is 4. The summed E-state index contributed by atoms with van der Waals surface area (Å²) in [6, 6.07) is 14.3. The predicted octanol–water partition coefficient (Wildman–Crippen LogP) is 3.13. The number of benzene rings is 2. The van der Waals surface area contributed by atoms with E-state index in [4.69, 9.17) is 0 Å². The standard InChI is InChI=1S/C16H12FN5/c1-18-14-11-7-3-5-9-13(11)22-15(20-21-16(22)19-14)10-6-2-4-8-12(10)17/h2-9H,1H3,(H,18,19,21). The van der Waals surface area contributed by atoms with Crippen LogP contribution in [-0.2, 0) is 0 Å². The molecule has 0 bridgehead atoms. The Morgan fingerprint density at radius 1 is 1.00 bits per heavy atom. The average molecular weight is 293 g/mol. The van der Waals surface area contributed by atoms with Gasteiger partial charge in [0.1, 0.15) is 11.6 Å². The van der Waals surface area contributed by atoms with Gasteiger partial charge in [-0.15, -0.1) is 10.2 Å². The summed E-state index contributed by atoms with van der Waals surface area (Å²) >= 11 is 0. The van der Waals surface area contributed by atoms with Crippen molar-refractivity contribution in [1.82, 2.24) is 19.6 Å². The first-order valence-corrected chi connectivity index (χ1v) is 6.86. The molecule has 6 heteroatoms. The Labute approximate surface area is 125 Å². The summed E-state index contributed by atoms with van der Waals surface area (Å²) in [5, 5.41) is 12.2. The largest absolute Gasteiger partial charge is 0.372 e. The summed E-state index contributed by atoms with van der Waals surface area (Å²) in [7, 11) is 1.80. The molecule has 108 valence electrons. The fourth-order valence-electron chi connectivity index (χ4n) is 2.61. The van der Waals surface area contributed by atoms with E-state index in [2.05, 4.69) is 20.5 Å². The van der Waals surface area contributed by atoms with Gasteiger partial charge in [0, 0.05) is 12.4 Å². The van der Waals surface area contributed by atoms with Crippen molar-refractivity contribution in [2.45, 2.75) is 0 Å². The van der Waals surface area contributed by atoms with Crippen LogP contribution < -0.4 is 5.32 Å². The maximum Gasteiger partial charge on any atom is 0.257 e. The molecule has 4 rings (SSSR count). The third-order valence-corrected chi connectivity index (χ3v) is 3.61. The van der Waals surface area contributed by atoms with Crippen molar-refractivity contribution >= 4 is 22.5 Å². The van der Waals surface area contributed by atoms with E-state index in [0.29, 0.717) is 17.2 Å². The Hall–Kier alpha value is -3.02. The van der Waals surface area contributed by atoms with Crippen molar-refractivity contribution in [1.29, 1.82) is 0 Å². The summed E-state index contributed by atoms with van der Waals surface area (Å²) in [5.74, 6) is 1.26. The molecule has 22 heavy (non-hydrogen) atoms. The predicted molar refractivity (Wildman–Crippen MR) is 83.2 cm³/mol. The van der Waals surface area contributed by atoms with Gasteiger partial charge < -0.3 is 5.32 Å². The van der Waals surface area contributed by atoms with E-state index in [1.807, 2.05) is 24.3 Å². The highest BCUT2D eigenvalue weighted by Crippen LogP contribution is 2.27. The fraction of sp³-hybridized carbons (Fsp3) is 0.0625. The Balaban J connectivity index is 2.15. The smallest absolute Gasteiger partial charge is 0.257 e. The lowest BCUT2D eigenvalue weighted by atomic mass is 10.2. The lowest BCUT2D eigenvalue weighted by Crippen LogP contribution is -2.00. The Kier molecular flexibility index (Phi) is 2.75. The zero-order valence-corrected chi connectivity index (χ0v) is 11.8. The number of nitrogens with one attached hydrogen (secondary N) is 1. The third kappa shape index (κ3) is 1.74. The molecule has 0 saturated carbocycles. The monoisotopic (exact) mass is 293 g/mol. The van der Waals surface area contributed by atoms with Crippen LogP contribution in [0.25, 0.3) is 28.1 Å². The van der Waals surface area contributed by atoms with Gasteiger partial charge in [-0.2, -0.15) is 4.98 Å². The molecule has 1 N–H and O–H groups in total. The van der Waals surface area contributed by atoms with Gasteiger partial charge in [-0.1, -0.05) is 24.3 Å². The van der Waals surface area contributed by atoms with Crippen molar-refractivity contribution in [2.75, 3.05) is 12.4 Å². The molecule has 0 aliphatic heterocycles. The van der Waals surface area contributed by atoms with E-state index in [1.165, 1.54) is 6.07 Å². The molecular formula is C16H12FN5. The van der Waals surface area contributed by atoms with Crippen LogP contribution >= 0.6 is 0 Å². The summed E-state index contributed by atoms with van der Waals surface area (Å²) in [4.78, 5) is 4.45. The molecule has 4 aromatic rings. The Bertz CT molecular complexity index is 992. The fourth-order valence-corrected chi connectivity index (χ4v) is 2.61. The lowest BCUT2D eigenvalue weighted by Gasteiger charge is -2.08. The molecule has 0 radical (unpaired) electrons. The maximum atomic E-state index is 14.1. The number of aromatic nitrogens is 4. The highest BCUT2D eigenvalue weighted by atomic mass is 19.1. The van der Waals surface area contributed by atoms with Gasteiger partial charge in [0.2, 0.25) is 0 Å². The normalized spacial score (nSPS) is 11.2. The minimum atomic E-state index is -0.335. The van der Waals surface area contributed by atoms with Crippen LogP contribution in [0.4, 0.5) is 10.2 Å². The zero-order chi connectivity index (χ0) is 15.1. The number of halogens is 1. The molecule has 0 spiro atoms. The average Bonchev–Trinajstić information content (AvgIpc) is 2.98. The van der Waals surface area contributed by atoms with Crippen LogP contribution in [0.1, 0.15) is 0 Å². The van der Waals surface area contributed by atoms with Gasteiger partial charge >= 0.3 is 0 Å². The SMILES string of the molecule is CNc1nc2nnc(-c3ccccc3F)n2c2ccccc12. The molecule has 5 nitrogen and oxygen atoms in total. The van der Waals surface area contributed by atoms with Crippen LogP contribution in [0.2, 0.25) is 0 Å². The van der Waals surface area contributed by atoms with Crippen LogP contribution in [0, 0.1) is 5.82 Å². The minimum absolute atomic E-state index is 0.335. The quantitative estimate of drug-likeness (QED) is 0.617.